The van der Waals surface area contributed by atoms with E-state index in [0.29, 0.717) is 0 Å². The van der Waals surface area contributed by atoms with Gasteiger partial charge >= 0.3 is 29.6 Å². The summed E-state index contributed by atoms with van der Waals surface area (Å²) < 4.78 is 0. The molecule has 42 valence electrons. The normalized spacial score (nSPS) is 9.00. The Morgan fingerprint density at radius 3 is 2.22 bits per heavy atom. The smallest absolute Gasteiger partial charge is 0.791 e. The Labute approximate surface area is 73.4 Å². The summed E-state index contributed by atoms with van der Waals surface area (Å²) in [7, 11) is 0. The Bertz CT molecular complexity index is 170. The van der Waals surface area contributed by atoms with E-state index in [2.05, 4.69) is 5.73 Å². The van der Waals surface area contributed by atoms with Crippen LogP contribution in [0, 0.1) is 16.5 Å². The maximum atomic E-state index is 9.83. The third kappa shape index (κ3) is 3.97. The van der Waals surface area contributed by atoms with Crippen molar-refractivity contribution in [2.75, 3.05) is 0 Å². The van der Waals surface area contributed by atoms with Crippen LogP contribution in [0.4, 0.5) is 0 Å². The van der Waals surface area contributed by atoms with Gasteiger partial charge < -0.3 is 16.1 Å². The molecule has 0 aliphatic carbocycles. The first-order chi connectivity index (χ1) is 3.72. The van der Waals surface area contributed by atoms with Crippen LogP contribution in [0.25, 0.3) is 0 Å². The summed E-state index contributed by atoms with van der Waals surface area (Å²) in [5, 5.41) is 19.2. The van der Waals surface area contributed by atoms with Crippen LogP contribution in [0.1, 0.15) is 0 Å². The van der Waals surface area contributed by atoms with E-state index < -0.39 is 11.6 Å². The molecular formula is C3H2N3NaO2. The van der Waals surface area contributed by atoms with Crippen LogP contribution in [0.3, 0.4) is 0 Å². The van der Waals surface area contributed by atoms with Gasteiger partial charge in [-0.2, -0.15) is 5.26 Å². The topological polar surface area (TPSA) is 102 Å². The van der Waals surface area contributed by atoms with Crippen molar-refractivity contribution in [3.63, 3.8) is 0 Å². The second-order valence-electron chi connectivity index (χ2n) is 0.916. The summed E-state index contributed by atoms with van der Waals surface area (Å²) in [6, 6.07) is 1.21. The van der Waals surface area contributed by atoms with Crippen LogP contribution in [-0.4, -0.2) is 11.6 Å². The first kappa shape index (κ1) is 11.3. The van der Waals surface area contributed by atoms with Crippen molar-refractivity contribution in [1.82, 2.24) is 0 Å². The molecule has 0 atom stereocenters. The standard InChI is InChI=1S/C3H3N3O2.Na/c4-1-2(6-8)3(5)7;/h8H,(H2,5,7);/q;+1/p-1/b6-2-;. The van der Waals surface area contributed by atoms with Gasteiger partial charge in [0.15, 0.2) is 5.71 Å². The molecule has 0 fully saturated rings. The van der Waals surface area contributed by atoms with Gasteiger partial charge in [-0.3, -0.25) is 4.79 Å². The third-order valence-corrected chi connectivity index (χ3v) is 0.431. The average molecular weight is 135 g/mol. The summed E-state index contributed by atoms with van der Waals surface area (Å²) >= 11 is 0. The van der Waals surface area contributed by atoms with Gasteiger partial charge in [0.1, 0.15) is 6.07 Å². The minimum Gasteiger partial charge on any atom is -0.791 e. The number of amides is 1. The molecule has 0 saturated carbocycles. The number of hydrogen-bond donors (Lipinski definition) is 1. The molecule has 5 nitrogen and oxygen atoms in total. The molecule has 9 heavy (non-hydrogen) atoms. The molecular weight excluding hydrogens is 133 g/mol. The monoisotopic (exact) mass is 135 g/mol. The van der Waals surface area contributed by atoms with E-state index in [0.717, 1.165) is 0 Å². The van der Waals surface area contributed by atoms with Crippen molar-refractivity contribution in [1.29, 1.82) is 5.26 Å². The molecule has 0 aromatic carbocycles. The summed E-state index contributed by atoms with van der Waals surface area (Å²) in [4.78, 5) is 9.83. The molecule has 1 amide bonds. The first-order valence-corrected chi connectivity index (χ1v) is 1.62. The number of nitrogens with zero attached hydrogens (tertiary/aromatic N) is 2. The second-order valence-corrected chi connectivity index (χ2v) is 0.916. The number of primary amides is 1. The van der Waals surface area contributed by atoms with Crippen molar-refractivity contribution < 1.29 is 34.4 Å². The van der Waals surface area contributed by atoms with E-state index >= 15 is 0 Å². The molecule has 0 aromatic rings. The zero-order valence-electron chi connectivity index (χ0n) is 4.79. The Morgan fingerprint density at radius 1 is 1.78 bits per heavy atom. The van der Waals surface area contributed by atoms with Gasteiger partial charge in [-0.15, -0.1) is 0 Å². The third-order valence-electron chi connectivity index (χ3n) is 0.431. The number of hydrogen-bond acceptors (Lipinski definition) is 4. The van der Waals surface area contributed by atoms with Gasteiger partial charge in [-0.1, -0.05) is 0 Å². The van der Waals surface area contributed by atoms with Gasteiger partial charge in [0.2, 0.25) is 0 Å². The predicted octanol–water partition coefficient (Wildman–Crippen LogP) is -4.06. The minimum atomic E-state index is -1.09. The SMILES string of the molecule is N#C/C(=N/[O-])C(N)=O.[Na+]. The fourth-order valence-corrected chi connectivity index (χ4v) is 0.120. The van der Waals surface area contributed by atoms with E-state index in [1.165, 1.54) is 6.07 Å². The molecule has 0 unspecified atom stereocenters. The number of carbonyl (C=O) groups is 1. The van der Waals surface area contributed by atoms with Crippen molar-refractivity contribution in [3.05, 3.63) is 5.21 Å². The fraction of sp³-hybridized carbons (Fsp3) is 0. The molecule has 0 aliphatic rings. The minimum absolute atomic E-state index is 0. The van der Waals surface area contributed by atoms with Crippen LogP contribution >= 0.6 is 0 Å². The average Bonchev–Trinajstić information content (AvgIpc) is 1.69. The molecule has 0 aromatic heterocycles. The van der Waals surface area contributed by atoms with E-state index in [9.17, 15) is 10.0 Å². The summed E-state index contributed by atoms with van der Waals surface area (Å²) in [5.41, 5.74) is 3.66. The van der Waals surface area contributed by atoms with Gasteiger partial charge in [-0.05, 0) is 0 Å². The largest absolute Gasteiger partial charge is 1.00 e. The molecule has 0 rings (SSSR count). The molecule has 0 radical (unpaired) electrons. The quantitative estimate of drug-likeness (QED) is 0.225. The fourth-order valence-electron chi connectivity index (χ4n) is 0.120. The Hall–Kier alpha value is -0.570. The van der Waals surface area contributed by atoms with Crippen molar-refractivity contribution >= 4 is 11.6 Å². The molecule has 0 aliphatic heterocycles. The molecule has 6 heteroatoms. The first-order valence-electron chi connectivity index (χ1n) is 1.62. The molecule has 2 N–H and O–H groups in total. The number of rotatable bonds is 1. The molecule has 0 saturated heterocycles. The van der Waals surface area contributed by atoms with Gasteiger partial charge in [-0.25, -0.2) is 0 Å². The van der Waals surface area contributed by atoms with E-state index in [1.54, 1.807) is 0 Å². The predicted molar refractivity (Wildman–Crippen MR) is 25.6 cm³/mol. The zero-order chi connectivity index (χ0) is 6.57. The number of nitrogens with two attached hydrogens (primary N) is 1. The van der Waals surface area contributed by atoms with Crippen LogP contribution < -0.4 is 35.3 Å². The van der Waals surface area contributed by atoms with Gasteiger partial charge in [0.25, 0.3) is 5.91 Å². The number of nitriles is 1. The van der Waals surface area contributed by atoms with Crippen molar-refractivity contribution in [2.24, 2.45) is 10.9 Å². The van der Waals surface area contributed by atoms with E-state index in [-0.39, 0.29) is 29.6 Å². The zero-order valence-corrected chi connectivity index (χ0v) is 6.79. The molecule has 0 heterocycles. The van der Waals surface area contributed by atoms with Crippen LogP contribution in [0.2, 0.25) is 0 Å². The van der Waals surface area contributed by atoms with E-state index in [1.807, 2.05) is 5.16 Å². The summed E-state index contributed by atoms with van der Waals surface area (Å²) in [5.74, 6) is -1.09. The van der Waals surface area contributed by atoms with Gasteiger partial charge in [0, 0.05) is 0 Å². The molecule has 0 bridgehead atoms. The summed E-state index contributed by atoms with van der Waals surface area (Å²) in [6.45, 7) is 0. The van der Waals surface area contributed by atoms with E-state index in [4.69, 9.17) is 5.26 Å². The maximum absolute atomic E-state index is 9.83. The Morgan fingerprint density at radius 2 is 2.22 bits per heavy atom. The van der Waals surface area contributed by atoms with Gasteiger partial charge in [0.05, 0.1) is 0 Å². The van der Waals surface area contributed by atoms with Crippen LogP contribution in [-0.2, 0) is 4.79 Å². The Balaban J connectivity index is 0. The second kappa shape index (κ2) is 5.56. The van der Waals surface area contributed by atoms with Crippen LogP contribution in [0.15, 0.2) is 5.16 Å². The number of carbonyl (C=O) groups excluding carboxylic acids is 1. The Kier molecular flexibility index (Phi) is 6.96. The maximum Gasteiger partial charge on any atom is 1.00 e. The van der Waals surface area contributed by atoms with Crippen LogP contribution in [0.5, 0.6) is 0 Å². The molecule has 0 spiro atoms. The summed E-state index contributed by atoms with van der Waals surface area (Å²) in [6.07, 6.45) is 0. The van der Waals surface area contributed by atoms with Crippen molar-refractivity contribution in [3.8, 4) is 6.07 Å². The van der Waals surface area contributed by atoms with Crippen molar-refractivity contribution in [2.45, 2.75) is 0 Å².